The zero-order chi connectivity index (χ0) is 16.0. The minimum Gasteiger partial charge on any atom is -0.478 e. The molecule has 0 aromatic carbocycles. The number of carbonyl (C=O) groups is 1. The number of furan rings is 1. The van der Waals surface area contributed by atoms with Gasteiger partial charge in [0.2, 0.25) is 0 Å². The van der Waals surface area contributed by atoms with Crippen LogP contribution in [0.2, 0.25) is 0 Å². The van der Waals surface area contributed by atoms with Crippen LogP contribution in [-0.2, 0) is 0 Å². The van der Waals surface area contributed by atoms with E-state index in [0.717, 1.165) is 12.8 Å². The Morgan fingerprint density at radius 1 is 1.39 bits per heavy atom. The van der Waals surface area contributed by atoms with Gasteiger partial charge in [-0.3, -0.25) is 0 Å². The van der Waals surface area contributed by atoms with Crippen molar-refractivity contribution in [1.29, 1.82) is 0 Å². The van der Waals surface area contributed by atoms with E-state index in [9.17, 15) is 9.90 Å². The molecule has 6 heteroatoms. The van der Waals surface area contributed by atoms with Crippen molar-refractivity contribution in [2.75, 3.05) is 0 Å². The lowest BCUT2D eigenvalue weighted by Crippen LogP contribution is -2.08. The molecule has 1 N–H and O–H groups in total. The summed E-state index contributed by atoms with van der Waals surface area (Å²) in [7, 11) is 0. The van der Waals surface area contributed by atoms with Gasteiger partial charge < -0.3 is 9.52 Å². The number of aromatic carboxylic acids is 1. The number of rotatable bonds is 3. The lowest BCUT2D eigenvalue weighted by atomic mass is 10.1. The summed E-state index contributed by atoms with van der Waals surface area (Å²) in [5.41, 5.74) is 2.10. The predicted molar refractivity (Wildman–Crippen MR) is 84.4 cm³/mol. The molecule has 1 saturated carbocycles. The monoisotopic (exact) mass is 311 g/mol. The van der Waals surface area contributed by atoms with Gasteiger partial charge in [-0.25, -0.2) is 14.5 Å². The maximum absolute atomic E-state index is 11.7. The summed E-state index contributed by atoms with van der Waals surface area (Å²) in [6.45, 7) is 1.84. The van der Waals surface area contributed by atoms with E-state index in [4.69, 9.17) is 4.42 Å². The van der Waals surface area contributed by atoms with Gasteiger partial charge in [0.25, 0.3) is 0 Å². The number of carboxylic acid groups (broad SMARTS) is 1. The maximum atomic E-state index is 11.7. The zero-order valence-electron chi connectivity index (χ0n) is 12.8. The third-order valence-electron chi connectivity index (χ3n) is 4.51. The van der Waals surface area contributed by atoms with Crippen LogP contribution >= 0.6 is 0 Å². The van der Waals surface area contributed by atoms with E-state index >= 15 is 0 Å². The molecule has 0 saturated heterocycles. The smallest absolute Gasteiger partial charge is 0.336 e. The fourth-order valence-electron chi connectivity index (χ4n) is 3.44. The molecule has 0 bridgehead atoms. The summed E-state index contributed by atoms with van der Waals surface area (Å²) in [5.74, 6) is -0.412. The molecule has 0 amide bonds. The topological polar surface area (TPSA) is 81.2 Å². The van der Waals surface area contributed by atoms with E-state index in [1.807, 2.05) is 11.6 Å². The van der Waals surface area contributed by atoms with Gasteiger partial charge in [0.15, 0.2) is 11.4 Å². The summed E-state index contributed by atoms with van der Waals surface area (Å²) in [6.07, 6.45) is 6.03. The van der Waals surface area contributed by atoms with Crippen LogP contribution in [0.15, 0.2) is 28.9 Å². The molecule has 0 aliphatic heterocycles. The fraction of sp³-hybridized carbons (Fsp3) is 0.353. The van der Waals surface area contributed by atoms with Crippen molar-refractivity contribution in [1.82, 2.24) is 14.8 Å². The molecule has 3 aromatic heterocycles. The Bertz CT molecular complexity index is 874. The number of aromatic nitrogens is 3. The first-order valence-electron chi connectivity index (χ1n) is 7.82. The molecule has 0 radical (unpaired) electrons. The van der Waals surface area contributed by atoms with Crippen LogP contribution < -0.4 is 0 Å². The van der Waals surface area contributed by atoms with Gasteiger partial charge in [-0.1, -0.05) is 12.8 Å². The number of fused-ring (bicyclic) bond motifs is 1. The first-order valence-corrected chi connectivity index (χ1v) is 7.82. The second-order valence-corrected chi connectivity index (χ2v) is 6.00. The number of hydrogen-bond acceptors (Lipinski definition) is 4. The Hall–Kier alpha value is -2.63. The Morgan fingerprint density at radius 2 is 2.17 bits per heavy atom. The number of pyridine rings is 1. The number of hydrogen-bond donors (Lipinski definition) is 1. The minimum atomic E-state index is -0.973. The molecule has 118 valence electrons. The Morgan fingerprint density at radius 3 is 2.83 bits per heavy atom. The molecule has 1 aliphatic carbocycles. The van der Waals surface area contributed by atoms with Crippen molar-refractivity contribution in [3.05, 3.63) is 35.7 Å². The van der Waals surface area contributed by atoms with Crippen molar-refractivity contribution >= 4 is 17.0 Å². The molecule has 1 fully saturated rings. The van der Waals surface area contributed by atoms with Crippen molar-refractivity contribution in [2.24, 2.45) is 0 Å². The molecule has 3 heterocycles. The second-order valence-electron chi connectivity index (χ2n) is 6.00. The Kier molecular flexibility index (Phi) is 3.18. The van der Waals surface area contributed by atoms with Crippen LogP contribution in [0, 0.1) is 6.92 Å². The highest BCUT2D eigenvalue weighted by molar-refractivity contribution is 6.04. The molecule has 6 nitrogen and oxygen atoms in total. The average molecular weight is 311 g/mol. The van der Waals surface area contributed by atoms with Gasteiger partial charge in [-0.05, 0) is 38.0 Å². The van der Waals surface area contributed by atoms with E-state index in [2.05, 4.69) is 10.1 Å². The van der Waals surface area contributed by atoms with E-state index in [0.29, 0.717) is 34.2 Å². The number of nitrogens with zero attached hydrogens (tertiary/aromatic N) is 3. The lowest BCUT2D eigenvalue weighted by molar-refractivity contribution is 0.0699. The standard InChI is InChI=1S/C17H17N3O3/c1-10-15-12(17(21)22)9-13(14-7-4-8-23-14)18-16(15)20(19-10)11-5-2-3-6-11/h4,7-9,11H,2-3,5-6H2,1H3,(H,21,22). The fourth-order valence-corrected chi connectivity index (χ4v) is 3.44. The van der Waals surface area contributed by atoms with Crippen molar-refractivity contribution < 1.29 is 14.3 Å². The van der Waals surface area contributed by atoms with Crippen LogP contribution in [0.5, 0.6) is 0 Å². The van der Waals surface area contributed by atoms with Crippen LogP contribution in [0.4, 0.5) is 0 Å². The molecule has 3 aromatic rings. The summed E-state index contributed by atoms with van der Waals surface area (Å²) in [6, 6.07) is 5.41. The van der Waals surface area contributed by atoms with Crippen LogP contribution in [0.25, 0.3) is 22.5 Å². The molecule has 0 atom stereocenters. The van der Waals surface area contributed by atoms with Gasteiger partial charge >= 0.3 is 5.97 Å². The lowest BCUT2D eigenvalue weighted by Gasteiger charge is -2.11. The van der Waals surface area contributed by atoms with Gasteiger partial charge in [0, 0.05) is 0 Å². The van der Waals surface area contributed by atoms with Gasteiger partial charge in [0.05, 0.1) is 28.9 Å². The third kappa shape index (κ3) is 2.21. The molecule has 4 rings (SSSR count). The zero-order valence-corrected chi connectivity index (χ0v) is 12.8. The summed E-state index contributed by atoms with van der Waals surface area (Å²) in [4.78, 5) is 16.4. The Balaban J connectivity index is 2.00. The SMILES string of the molecule is Cc1nn(C2CCCC2)c2nc(-c3ccco3)cc(C(=O)O)c12. The van der Waals surface area contributed by atoms with E-state index in [1.165, 1.54) is 12.8 Å². The van der Waals surface area contributed by atoms with Gasteiger partial charge in [-0.2, -0.15) is 5.10 Å². The van der Waals surface area contributed by atoms with Crippen molar-refractivity contribution in [3.63, 3.8) is 0 Å². The highest BCUT2D eigenvalue weighted by Gasteiger charge is 2.25. The van der Waals surface area contributed by atoms with E-state index < -0.39 is 5.97 Å². The molecular weight excluding hydrogens is 294 g/mol. The first kappa shape index (κ1) is 14.0. The van der Waals surface area contributed by atoms with Gasteiger partial charge in [0.1, 0.15) is 5.69 Å². The molecule has 0 spiro atoms. The molecule has 0 unspecified atom stereocenters. The summed E-state index contributed by atoms with van der Waals surface area (Å²) in [5, 5.41) is 14.8. The molecule has 1 aliphatic rings. The van der Waals surface area contributed by atoms with E-state index in [-0.39, 0.29) is 5.56 Å². The normalized spacial score (nSPS) is 15.5. The average Bonchev–Trinajstić information content (AvgIpc) is 3.27. The molecular formula is C17H17N3O3. The summed E-state index contributed by atoms with van der Waals surface area (Å²) >= 11 is 0. The largest absolute Gasteiger partial charge is 0.478 e. The number of aryl methyl sites for hydroxylation is 1. The van der Waals surface area contributed by atoms with Gasteiger partial charge in [-0.15, -0.1) is 0 Å². The summed E-state index contributed by atoms with van der Waals surface area (Å²) < 4.78 is 7.30. The Labute approximate surface area is 132 Å². The quantitative estimate of drug-likeness (QED) is 0.795. The van der Waals surface area contributed by atoms with E-state index in [1.54, 1.807) is 24.5 Å². The van der Waals surface area contributed by atoms with Crippen LogP contribution in [-0.4, -0.2) is 25.8 Å². The molecule has 23 heavy (non-hydrogen) atoms. The maximum Gasteiger partial charge on any atom is 0.336 e. The third-order valence-corrected chi connectivity index (χ3v) is 4.51. The highest BCUT2D eigenvalue weighted by Crippen LogP contribution is 2.34. The van der Waals surface area contributed by atoms with Crippen molar-refractivity contribution in [3.8, 4) is 11.5 Å². The second kappa shape index (κ2) is 5.22. The predicted octanol–water partition coefficient (Wildman–Crippen LogP) is 3.81. The number of carboxylic acids is 1. The first-order chi connectivity index (χ1) is 11.1. The van der Waals surface area contributed by atoms with Crippen LogP contribution in [0.3, 0.4) is 0 Å². The minimum absolute atomic E-state index is 0.225. The van der Waals surface area contributed by atoms with Crippen molar-refractivity contribution in [2.45, 2.75) is 38.6 Å². The van der Waals surface area contributed by atoms with Crippen LogP contribution in [0.1, 0.15) is 47.8 Å². The highest BCUT2D eigenvalue weighted by atomic mass is 16.4.